The van der Waals surface area contributed by atoms with Gasteiger partial charge in [-0.25, -0.2) is 0 Å². The summed E-state index contributed by atoms with van der Waals surface area (Å²) in [4.78, 5) is 38.3. The van der Waals surface area contributed by atoms with Crippen molar-refractivity contribution in [3.63, 3.8) is 0 Å². The first-order valence-corrected chi connectivity index (χ1v) is 33.3. The van der Waals surface area contributed by atoms with Crippen LogP contribution in [0, 0.1) is 0 Å². The van der Waals surface area contributed by atoms with Gasteiger partial charge in [0, 0.05) is 19.3 Å². The smallest absolute Gasteiger partial charge is 0.306 e. The van der Waals surface area contributed by atoms with E-state index in [1.54, 1.807) is 0 Å². The number of unbranched alkanes of at least 4 members (excludes halogenated alkanes) is 17. The molecule has 0 aliphatic rings. The highest BCUT2D eigenvalue weighted by Gasteiger charge is 2.19. The standard InChI is InChI=1S/C77H120O6/c1-4-7-10-13-16-19-22-25-27-29-31-32-33-34-35-36-37-38-39-40-41-42-43-44-46-47-49-52-55-58-61-64-67-70-76(79)82-73-74(72-81-75(78)69-66-63-60-57-54-51-24-21-18-15-12-9-6-3)83-77(80)71-68-65-62-59-56-53-50-48-45-30-28-26-23-20-17-14-11-8-5-2/h7-12,16-21,25-28,31-32,34-35,37-38,45,48,51,53-54,56,60,63,74H,4-6,13-15,22-24,29-30,33,36,39-44,46-47,49-50,52,55,57-59,61-62,64-73H2,1-3H3/b10-7-,11-8-,12-9-,19-16-,20-17-,21-18-,27-25-,28-26-,32-31-,35-34-,38-37-,48-45-,54-51-,56-53-,63-60-. The van der Waals surface area contributed by atoms with E-state index < -0.39 is 6.10 Å². The fourth-order valence-corrected chi connectivity index (χ4v) is 8.55. The maximum absolute atomic E-state index is 12.9. The number of esters is 3. The second kappa shape index (κ2) is 69.0. The molecule has 0 spiro atoms. The van der Waals surface area contributed by atoms with Crippen molar-refractivity contribution in [1.82, 2.24) is 0 Å². The van der Waals surface area contributed by atoms with Gasteiger partial charge in [-0.1, -0.05) is 287 Å². The van der Waals surface area contributed by atoms with E-state index >= 15 is 0 Å². The van der Waals surface area contributed by atoms with Crippen molar-refractivity contribution < 1.29 is 28.6 Å². The summed E-state index contributed by atoms with van der Waals surface area (Å²) in [5.41, 5.74) is 0. The Morgan fingerprint density at radius 3 is 0.759 bits per heavy atom. The molecular formula is C77H120O6. The average molecular weight is 1140 g/mol. The maximum atomic E-state index is 12.9. The molecule has 464 valence electrons. The van der Waals surface area contributed by atoms with Gasteiger partial charge in [-0.15, -0.1) is 0 Å². The molecule has 0 saturated heterocycles. The van der Waals surface area contributed by atoms with Gasteiger partial charge in [0.1, 0.15) is 13.2 Å². The highest BCUT2D eigenvalue weighted by molar-refractivity contribution is 5.71. The third kappa shape index (κ3) is 67.2. The third-order valence-electron chi connectivity index (χ3n) is 13.4. The van der Waals surface area contributed by atoms with Crippen LogP contribution in [0.4, 0.5) is 0 Å². The van der Waals surface area contributed by atoms with Crippen LogP contribution in [0.2, 0.25) is 0 Å². The fourth-order valence-electron chi connectivity index (χ4n) is 8.55. The zero-order valence-electron chi connectivity index (χ0n) is 53.1. The van der Waals surface area contributed by atoms with Crippen molar-refractivity contribution in [3.05, 3.63) is 182 Å². The van der Waals surface area contributed by atoms with Gasteiger partial charge in [0.15, 0.2) is 6.10 Å². The van der Waals surface area contributed by atoms with Gasteiger partial charge in [0.25, 0.3) is 0 Å². The van der Waals surface area contributed by atoms with Crippen molar-refractivity contribution in [2.24, 2.45) is 0 Å². The Labute approximate surface area is 510 Å². The van der Waals surface area contributed by atoms with Crippen LogP contribution in [0.25, 0.3) is 0 Å². The van der Waals surface area contributed by atoms with Crippen LogP contribution in [-0.4, -0.2) is 37.2 Å². The lowest BCUT2D eigenvalue weighted by atomic mass is 10.0. The van der Waals surface area contributed by atoms with Crippen molar-refractivity contribution in [2.75, 3.05) is 13.2 Å². The van der Waals surface area contributed by atoms with Crippen molar-refractivity contribution in [2.45, 2.75) is 271 Å². The topological polar surface area (TPSA) is 78.9 Å². The van der Waals surface area contributed by atoms with Crippen LogP contribution in [0.5, 0.6) is 0 Å². The van der Waals surface area contributed by atoms with E-state index in [1.807, 2.05) is 12.2 Å². The minimum Gasteiger partial charge on any atom is -0.462 e. The molecule has 0 radical (unpaired) electrons. The van der Waals surface area contributed by atoms with E-state index in [2.05, 4.69) is 191 Å². The number of hydrogen-bond donors (Lipinski definition) is 0. The van der Waals surface area contributed by atoms with E-state index in [0.29, 0.717) is 19.3 Å². The van der Waals surface area contributed by atoms with Gasteiger partial charge < -0.3 is 14.2 Å². The maximum Gasteiger partial charge on any atom is 0.306 e. The van der Waals surface area contributed by atoms with Crippen LogP contribution in [0.3, 0.4) is 0 Å². The van der Waals surface area contributed by atoms with Crippen molar-refractivity contribution >= 4 is 17.9 Å². The first-order valence-electron chi connectivity index (χ1n) is 33.3. The van der Waals surface area contributed by atoms with Gasteiger partial charge in [-0.2, -0.15) is 0 Å². The minimum absolute atomic E-state index is 0.121. The second-order valence-electron chi connectivity index (χ2n) is 21.2. The summed E-state index contributed by atoms with van der Waals surface area (Å²) in [6, 6.07) is 0. The van der Waals surface area contributed by atoms with E-state index in [-0.39, 0.29) is 44.0 Å². The Bertz CT molecular complexity index is 1940. The first-order chi connectivity index (χ1) is 41.0. The van der Waals surface area contributed by atoms with Crippen LogP contribution in [-0.2, 0) is 28.6 Å². The summed E-state index contributed by atoms with van der Waals surface area (Å²) in [7, 11) is 0. The largest absolute Gasteiger partial charge is 0.462 e. The van der Waals surface area contributed by atoms with Crippen LogP contribution < -0.4 is 0 Å². The Morgan fingerprint density at radius 2 is 0.458 bits per heavy atom. The Kier molecular flexibility index (Phi) is 64.4. The average Bonchev–Trinajstić information content (AvgIpc) is 3.49. The zero-order valence-corrected chi connectivity index (χ0v) is 53.1. The molecule has 0 rings (SSSR count). The fraction of sp³-hybridized carbons (Fsp3) is 0.571. The monoisotopic (exact) mass is 1140 g/mol. The summed E-state index contributed by atoms with van der Waals surface area (Å²) in [5.74, 6) is -1.04. The number of carbonyl (C=O) groups is 3. The molecule has 0 N–H and O–H groups in total. The molecule has 6 heteroatoms. The highest BCUT2D eigenvalue weighted by atomic mass is 16.6. The zero-order chi connectivity index (χ0) is 59.9. The van der Waals surface area contributed by atoms with Crippen LogP contribution in [0.1, 0.15) is 265 Å². The molecule has 1 unspecified atom stereocenters. The van der Waals surface area contributed by atoms with Gasteiger partial charge in [-0.05, 0) is 141 Å². The minimum atomic E-state index is -0.835. The van der Waals surface area contributed by atoms with Gasteiger partial charge in [0.2, 0.25) is 0 Å². The number of hydrogen-bond acceptors (Lipinski definition) is 6. The van der Waals surface area contributed by atoms with Gasteiger partial charge in [-0.3, -0.25) is 14.4 Å². The summed E-state index contributed by atoms with van der Waals surface area (Å²) in [6.45, 7) is 6.20. The molecule has 0 heterocycles. The number of rotatable bonds is 58. The van der Waals surface area contributed by atoms with Crippen molar-refractivity contribution in [1.29, 1.82) is 0 Å². The lowest BCUT2D eigenvalue weighted by Gasteiger charge is -2.18. The highest BCUT2D eigenvalue weighted by Crippen LogP contribution is 2.15. The van der Waals surface area contributed by atoms with E-state index in [4.69, 9.17) is 14.2 Å². The van der Waals surface area contributed by atoms with Gasteiger partial charge >= 0.3 is 17.9 Å². The third-order valence-corrected chi connectivity index (χ3v) is 13.4. The lowest BCUT2D eigenvalue weighted by molar-refractivity contribution is -0.166. The Balaban J connectivity index is 4.33. The van der Waals surface area contributed by atoms with E-state index in [1.165, 1.54) is 77.0 Å². The molecule has 0 saturated carbocycles. The lowest BCUT2D eigenvalue weighted by Crippen LogP contribution is -2.30. The molecule has 0 aromatic carbocycles. The van der Waals surface area contributed by atoms with E-state index in [0.717, 1.165) is 135 Å². The molecule has 0 fully saturated rings. The summed E-state index contributed by atoms with van der Waals surface area (Å²) < 4.78 is 16.8. The summed E-state index contributed by atoms with van der Waals surface area (Å²) in [6.07, 6.45) is 104. The molecule has 0 aliphatic carbocycles. The first kappa shape index (κ1) is 77.5. The normalized spacial score (nSPS) is 13.3. The Morgan fingerprint density at radius 1 is 0.241 bits per heavy atom. The molecule has 0 aromatic rings. The van der Waals surface area contributed by atoms with Crippen LogP contribution >= 0.6 is 0 Å². The number of allylic oxidation sites excluding steroid dienone is 30. The number of carbonyl (C=O) groups excluding carboxylic acids is 3. The predicted molar refractivity (Wildman–Crippen MR) is 361 cm³/mol. The van der Waals surface area contributed by atoms with Crippen molar-refractivity contribution in [3.8, 4) is 0 Å². The molecule has 6 nitrogen and oxygen atoms in total. The molecule has 0 bridgehead atoms. The second-order valence-corrected chi connectivity index (χ2v) is 21.2. The molecule has 0 amide bonds. The quantitative estimate of drug-likeness (QED) is 0.0261. The Hall–Kier alpha value is -5.49. The number of ether oxygens (including phenoxy) is 3. The summed E-state index contributed by atoms with van der Waals surface area (Å²) >= 11 is 0. The molecule has 0 aromatic heterocycles. The summed E-state index contributed by atoms with van der Waals surface area (Å²) in [5, 5.41) is 0. The van der Waals surface area contributed by atoms with Gasteiger partial charge in [0.05, 0.1) is 0 Å². The molecular weight excluding hydrogens is 1020 g/mol. The van der Waals surface area contributed by atoms with E-state index in [9.17, 15) is 14.4 Å². The SMILES string of the molecule is CC/C=C\C/C=C\C/C=C\C/C=C\C/C=C\C/C=C\CCCCCCCCCCCCCCCCC(=O)OCC(COC(=O)CC/C=C\C/C=C\C/C=C\C/C=C\CC)OC(=O)CCCCC/C=C\C/C=C\C/C=C\C/C=C\C/C=C\CC. The van der Waals surface area contributed by atoms with Crippen LogP contribution in [0.15, 0.2) is 182 Å². The molecule has 1 atom stereocenters. The predicted octanol–water partition coefficient (Wildman–Crippen LogP) is 23.2. The molecule has 0 aliphatic heterocycles. The molecule has 83 heavy (non-hydrogen) atoms.